The van der Waals surface area contributed by atoms with Crippen LogP contribution in [0.25, 0.3) is 0 Å². The molecule has 3 N–H and O–H groups in total. The summed E-state index contributed by atoms with van der Waals surface area (Å²) in [5, 5.41) is 9.28. The fourth-order valence-corrected chi connectivity index (χ4v) is 1.49. The average Bonchev–Trinajstić information content (AvgIpc) is 2.33. The third-order valence-corrected chi connectivity index (χ3v) is 2.88. The zero-order chi connectivity index (χ0) is 14.7. The summed E-state index contributed by atoms with van der Waals surface area (Å²) in [4.78, 5) is 16.1. The summed E-state index contributed by atoms with van der Waals surface area (Å²) in [5.74, 6) is 1.89. The van der Waals surface area contributed by atoms with Crippen molar-refractivity contribution in [2.24, 2.45) is 10.4 Å². The SMILES string of the molecule is CCNC(=NCCSC)NCCNC(=O)C(C)(C)C. The van der Waals surface area contributed by atoms with Gasteiger partial charge in [0.15, 0.2) is 5.96 Å². The van der Waals surface area contributed by atoms with Crippen molar-refractivity contribution in [2.75, 3.05) is 38.2 Å². The lowest BCUT2D eigenvalue weighted by Crippen LogP contribution is -2.43. The number of thioether (sulfide) groups is 1. The van der Waals surface area contributed by atoms with Gasteiger partial charge < -0.3 is 16.0 Å². The normalized spacial score (nSPS) is 12.2. The van der Waals surface area contributed by atoms with E-state index < -0.39 is 0 Å². The van der Waals surface area contributed by atoms with E-state index in [1.165, 1.54) is 0 Å². The highest BCUT2D eigenvalue weighted by molar-refractivity contribution is 7.98. The Hall–Kier alpha value is -0.910. The number of nitrogens with zero attached hydrogens (tertiary/aromatic N) is 1. The molecule has 0 saturated carbocycles. The van der Waals surface area contributed by atoms with E-state index in [9.17, 15) is 4.79 Å². The Morgan fingerprint density at radius 2 is 1.79 bits per heavy atom. The van der Waals surface area contributed by atoms with Gasteiger partial charge in [0.25, 0.3) is 0 Å². The summed E-state index contributed by atoms with van der Waals surface area (Å²) in [6.45, 7) is 10.7. The van der Waals surface area contributed by atoms with Crippen LogP contribution in [0.5, 0.6) is 0 Å². The third kappa shape index (κ3) is 9.64. The molecule has 19 heavy (non-hydrogen) atoms. The highest BCUT2D eigenvalue weighted by atomic mass is 32.2. The van der Waals surface area contributed by atoms with Crippen LogP contribution in [0.3, 0.4) is 0 Å². The van der Waals surface area contributed by atoms with Gasteiger partial charge in [-0.1, -0.05) is 20.8 Å². The second-order valence-corrected chi connectivity index (χ2v) is 6.17. The molecule has 0 radical (unpaired) electrons. The van der Waals surface area contributed by atoms with Gasteiger partial charge in [-0.2, -0.15) is 11.8 Å². The molecule has 0 saturated heterocycles. The topological polar surface area (TPSA) is 65.5 Å². The predicted octanol–water partition coefficient (Wildman–Crippen LogP) is 1.07. The number of aliphatic imine (C=N–C) groups is 1. The van der Waals surface area contributed by atoms with Gasteiger partial charge in [-0.15, -0.1) is 0 Å². The number of hydrogen-bond acceptors (Lipinski definition) is 3. The van der Waals surface area contributed by atoms with Gasteiger partial charge >= 0.3 is 0 Å². The van der Waals surface area contributed by atoms with Crippen molar-refractivity contribution in [3.05, 3.63) is 0 Å². The molecule has 0 aliphatic rings. The minimum Gasteiger partial charge on any atom is -0.357 e. The average molecular weight is 288 g/mol. The van der Waals surface area contributed by atoms with Crippen LogP contribution in [0.2, 0.25) is 0 Å². The maximum Gasteiger partial charge on any atom is 0.225 e. The van der Waals surface area contributed by atoms with Crippen molar-refractivity contribution in [1.29, 1.82) is 0 Å². The van der Waals surface area contributed by atoms with Crippen LogP contribution in [0.4, 0.5) is 0 Å². The van der Waals surface area contributed by atoms with Crippen molar-refractivity contribution in [1.82, 2.24) is 16.0 Å². The second kappa shape index (κ2) is 9.95. The quantitative estimate of drug-likeness (QED) is 0.372. The van der Waals surface area contributed by atoms with E-state index in [2.05, 4.69) is 27.2 Å². The molecule has 0 aromatic heterocycles. The van der Waals surface area contributed by atoms with Gasteiger partial charge in [-0.25, -0.2) is 0 Å². The molecule has 0 atom stereocenters. The number of guanidine groups is 1. The molecule has 5 nitrogen and oxygen atoms in total. The molecule has 0 rings (SSSR count). The minimum atomic E-state index is -0.336. The molecule has 1 amide bonds. The van der Waals surface area contributed by atoms with Crippen molar-refractivity contribution >= 4 is 23.6 Å². The number of carbonyl (C=O) groups excluding carboxylic acids is 1. The Labute approximate surface area is 121 Å². The lowest BCUT2D eigenvalue weighted by Gasteiger charge is -2.18. The lowest BCUT2D eigenvalue weighted by molar-refractivity contribution is -0.128. The van der Waals surface area contributed by atoms with E-state index in [0.29, 0.717) is 13.1 Å². The smallest absolute Gasteiger partial charge is 0.225 e. The first-order valence-corrected chi connectivity index (χ1v) is 8.10. The van der Waals surface area contributed by atoms with Crippen LogP contribution < -0.4 is 16.0 Å². The highest BCUT2D eigenvalue weighted by Crippen LogP contribution is 2.11. The molecule has 0 heterocycles. The highest BCUT2D eigenvalue weighted by Gasteiger charge is 2.20. The molecule has 0 fully saturated rings. The van der Waals surface area contributed by atoms with Gasteiger partial charge in [0.05, 0.1) is 6.54 Å². The van der Waals surface area contributed by atoms with Crippen molar-refractivity contribution in [2.45, 2.75) is 27.7 Å². The zero-order valence-electron chi connectivity index (χ0n) is 12.8. The van der Waals surface area contributed by atoms with Crippen LogP contribution in [-0.4, -0.2) is 50.1 Å². The number of rotatable bonds is 7. The summed E-state index contributed by atoms with van der Waals surface area (Å²) < 4.78 is 0. The molecule has 0 spiro atoms. The molecular formula is C13H28N4OS. The van der Waals surface area contributed by atoms with E-state index >= 15 is 0 Å². The molecule has 0 aromatic carbocycles. The Morgan fingerprint density at radius 1 is 1.16 bits per heavy atom. The number of amides is 1. The first kappa shape index (κ1) is 18.1. The lowest BCUT2D eigenvalue weighted by atomic mass is 9.96. The molecule has 0 aliphatic carbocycles. The van der Waals surface area contributed by atoms with Crippen molar-refractivity contribution in [3.8, 4) is 0 Å². The maximum atomic E-state index is 11.7. The van der Waals surface area contributed by atoms with Gasteiger partial charge in [-0.3, -0.25) is 9.79 Å². The molecule has 0 bridgehead atoms. The van der Waals surface area contributed by atoms with E-state index in [4.69, 9.17) is 0 Å². The third-order valence-electron chi connectivity index (χ3n) is 2.29. The summed E-state index contributed by atoms with van der Waals surface area (Å²) in [6.07, 6.45) is 2.07. The van der Waals surface area contributed by atoms with Gasteiger partial charge in [0.1, 0.15) is 0 Å². The standard InChI is InChI=1S/C13H28N4OS/c1-6-14-12(17-9-10-19-5)16-8-7-15-11(18)13(2,3)4/h6-10H2,1-5H3,(H,15,18)(H2,14,16,17). The fourth-order valence-electron chi connectivity index (χ4n) is 1.21. The van der Waals surface area contributed by atoms with E-state index in [1.54, 1.807) is 11.8 Å². The van der Waals surface area contributed by atoms with Crippen LogP contribution in [0, 0.1) is 5.41 Å². The van der Waals surface area contributed by atoms with Gasteiger partial charge in [-0.05, 0) is 13.2 Å². The van der Waals surface area contributed by atoms with Crippen LogP contribution in [0.1, 0.15) is 27.7 Å². The van der Waals surface area contributed by atoms with E-state index in [0.717, 1.165) is 24.8 Å². The Bertz CT molecular complexity index is 287. The molecule has 0 aliphatic heterocycles. The van der Waals surface area contributed by atoms with E-state index in [-0.39, 0.29) is 11.3 Å². The molecule has 6 heteroatoms. The van der Waals surface area contributed by atoms with Crippen LogP contribution >= 0.6 is 11.8 Å². The largest absolute Gasteiger partial charge is 0.357 e. The molecule has 112 valence electrons. The second-order valence-electron chi connectivity index (χ2n) is 5.19. The van der Waals surface area contributed by atoms with Crippen molar-refractivity contribution < 1.29 is 4.79 Å². The summed E-state index contributed by atoms with van der Waals surface area (Å²) in [6, 6.07) is 0. The summed E-state index contributed by atoms with van der Waals surface area (Å²) in [7, 11) is 0. The summed E-state index contributed by atoms with van der Waals surface area (Å²) >= 11 is 1.78. The van der Waals surface area contributed by atoms with Gasteiger partial charge in [0.2, 0.25) is 5.91 Å². The Balaban J connectivity index is 3.93. The first-order valence-electron chi connectivity index (χ1n) is 6.71. The Morgan fingerprint density at radius 3 is 2.32 bits per heavy atom. The molecular weight excluding hydrogens is 260 g/mol. The molecule has 0 unspecified atom stereocenters. The predicted molar refractivity (Wildman–Crippen MR) is 84.8 cm³/mol. The minimum absolute atomic E-state index is 0.0682. The number of nitrogens with one attached hydrogen (secondary N) is 3. The van der Waals surface area contributed by atoms with E-state index in [1.807, 2.05) is 27.7 Å². The monoisotopic (exact) mass is 288 g/mol. The number of carbonyl (C=O) groups is 1. The zero-order valence-corrected chi connectivity index (χ0v) is 13.6. The summed E-state index contributed by atoms with van der Waals surface area (Å²) in [5.41, 5.74) is -0.336. The first-order chi connectivity index (χ1) is 8.91. The Kier molecular flexibility index (Phi) is 9.47. The fraction of sp³-hybridized carbons (Fsp3) is 0.846. The van der Waals surface area contributed by atoms with Crippen molar-refractivity contribution in [3.63, 3.8) is 0 Å². The maximum absolute atomic E-state index is 11.7. The number of hydrogen-bond donors (Lipinski definition) is 3. The van der Waals surface area contributed by atoms with Crippen LogP contribution in [0.15, 0.2) is 4.99 Å². The molecule has 0 aromatic rings. The van der Waals surface area contributed by atoms with Crippen LogP contribution in [-0.2, 0) is 4.79 Å². The van der Waals surface area contributed by atoms with Gasteiger partial charge in [0, 0.05) is 30.8 Å².